The molecule has 1 atom stereocenters. The number of rotatable bonds is 2. The number of nitrogens with zero attached hydrogens (tertiary/aromatic N) is 2. The second kappa shape index (κ2) is 5.19. The molecule has 0 saturated heterocycles. The van der Waals surface area contributed by atoms with Gasteiger partial charge in [0.15, 0.2) is 0 Å². The van der Waals surface area contributed by atoms with E-state index in [0.29, 0.717) is 5.71 Å². The molecule has 1 aromatic rings. The Morgan fingerprint density at radius 2 is 2.12 bits per heavy atom. The normalized spacial score (nSPS) is 14.9. The first-order chi connectivity index (χ1) is 7.30. The minimum atomic E-state index is -1.24. The fourth-order valence-electron chi connectivity index (χ4n) is 0.911. The molecule has 0 aliphatic carbocycles. The molecule has 1 aromatic heterocycles. The first-order valence-corrected chi connectivity index (χ1v) is 6.80. The molecule has 0 bridgehead atoms. The van der Waals surface area contributed by atoms with Crippen molar-refractivity contribution in [3.63, 3.8) is 0 Å². The van der Waals surface area contributed by atoms with E-state index in [-0.39, 0.29) is 4.75 Å². The zero-order valence-electron chi connectivity index (χ0n) is 9.82. The molecule has 5 heteroatoms. The van der Waals surface area contributed by atoms with Gasteiger partial charge in [-0.25, -0.2) is 4.21 Å². The molecule has 0 amide bonds. The molecular formula is C11H15BrN2OS. The smallest absolute Gasteiger partial charge is 0.145 e. The Labute approximate surface area is 107 Å². The van der Waals surface area contributed by atoms with Gasteiger partial charge in [-0.2, -0.15) is 4.40 Å². The van der Waals surface area contributed by atoms with E-state index in [1.54, 1.807) is 6.20 Å². The van der Waals surface area contributed by atoms with Crippen LogP contribution < -0.4 is 0 Å². The van der Waals surface area contributed by atoms with Gasteiger partial charge in [0.25, 0.3) is 0 Å². The Morgan fingerprint density at radius 1 is 1.50 bits per heavy atom. The summed E-state index contributed by atoms with van der Waals surface area (Å²) in [5.41, 5.74) is 1.43. The Bertz CT molecular complexity index is 438. The molecule has 1 rings (SSSR count). The highest BCUT2D eigenvalue weighted by molar-refractivity contribution is 9.10. The average molecular weight is 303 g/mol. The predicted molar refractivity (Wildman–Crippen MR) is 72.0 cm³/mol. The molecule has 3 nitrogen and oxygen atoms in total. The Kier molecular flexibility index (Phi) is 4.38. The molecule has 1 unspecified atom stereocenters. The summed E-state index contributed by atoms with van der Waals surface area (Å²) in [6.07, 6.45) is 1.69. The highest BCUT2D eigenvalue weighted by atomic mass is 79.9. The van der Waals surface area contributed by atoms with Gasteiger partial charge in [0.05, 0.1) is 16.2 Å². The van der Waals surface area contributed by atoms with Crippen LogP contribution in [0, 0.1) is 0 Å². The van der Waals surface area contributed by atoms with E-state index in [0.717, 1.165) is 10.2 Å². The minimum absolute atomic E-state index is 0.340. The summed E-state index contributed by atoms with van der Waals surface area (Å²) in [6, 6.07) is 3.70. The van der Waals surface area contributed by atoms with E-state index in [1.807, 2.05) is 39.8 Å². The van der Waals surface area contributed by atoms with Crippen molar-refractivity contribution >= 4 is 32.6 Å². The first kappa shape index (κ1) is 13.5. The van der Waals surface area contributed by atoms with Crippen LogP contribution in [0.3, 0.4) is 0 Å². The molecule has 1 heterocycles. The number of aromatic nitrogens is 1. The van der Waals surface area contributed by atoms with Crippen LogP contribution in [0.5, 0.6) is 0 Å². The predicted octanol–water partition coefficient (Wildman–Crippen LogP) is 3.12. The third-order valence-corrected chi connectivity index (χ3v) is 3.82. The number of hydrogen-bond acceptors (Lipinski definition) is 2. The number of hydrogen-bond donors (Lipinski definition) is 0. The van der Waals surface area contributed by atoms with E-state index < -0.39 is 11.0 Å². The van der Waals surface area contributed by atoms with E-state index in [1.165, 1.54) is 0 Å². The second-order valence-electron chi connectivity index (χ2n) is 4.40. The molecular weight excluding hydrogens is 288 g/mol. The zero-order valence-corrected chi connectivity index (χ0v) is 12.2. The largest absolute Gasteiger partial charge is 0.255 e. The number of pyridine rings is 1. The average Bonchev–Trinajstić information content (AvgIpc) is 2.16. The minimum Gasteiger partial charge on any atom is -0.255 e. The van der Waals surface area contributed by atoms with Crippen molar-refractivity contribution in [3.05, 3.63) is 28.5 Å². The third-order valence-electron chi connectivity index (χ3n) is 1.84. The van der Waals surface area contributed by atoms with Crippen LogP contribution in [0.4, 0.5) is 0 Å². The molecule has 0 spiro atoms. The monoisotopic (exact) mass is 302 g/mol. The van der Waals surface area contributed by atoms with Gasteiger partial charge in [-0.3, -0.25) is 4.98 Å². The highest BCUT2D eigenvalue weighted by Gasteiger charge is 2.19. The summed E-state index contributed by atoms with van der Waals surface area (Å²) >= 11 is 3.37. The Hall–Kier alpha value is -0.550. The van der Waals surface area contributed by atoms with E-state index in [2.05, 4.69) is 25.3 Å². The maximum atomic E-state index is 11.8. The van der Waals surface area contributed by atoms with Crippen molar-refractivity contribution in [2.75, 3.05) is 0 Å². The van der Waals surface area contributed by atoms with Gasteiger partial charge in [0.2, 0.25) is 0 Å². The third kappa shape index (κ3) is 3.79. The Balaban J connectivity index is 2.99. The van der Waals surface area contributed by atoms with Gasteiger partial charge in [0.1, 0.15) is 11.0 Å². The quantitative estimate of drug-likeness (QED) is 0.788. The lowest BCUT2D eigenvalue weighted by Gasteiger charge is -2.13. The van der Waals surface area contributed by atoms with Crippen LogP contribution >= 0.6 is 15.9 Å². The van der Waals surface area contributed by atoms with Gasteiger partial charge in [0, 0.05) is 10.7 Å². The fraction of sp³-hybridized carbons (Fsp3) is 0.455. The van der Waals surface area contributed by atoms with E-state index in [4.69, 9.17) is 0 Å². The maximum absolute atomic E-state index is 11.8. The zero-order chi connectivity index (χ0) is 12.3. The number of halogens is 1. The van der Waals surface area contributed by atoms with Crippen LogP contribution in [-0.4, -0.2) is 19.7 Å². The molecule has 16 heavy (non-hydrogen) atoms. The summed E-state index contributed by atoms with van der Waals surface area (Å²) in [4.78, 5) is 4.18. The van der Waals surface area contributed by atoms with Crippen LogP contribution in [-0.2, 0) is 11.0 Å². The summed E-state index contributed by atoms with van der Waals surface area (Å²) < 4.78 is 16.6. The van der Waals surface area contributed by atoms with Crippen molar-refractivity contribution in [2.24, 2.45) is 4.40 Å². The lowest BCUT2D eigenvalue weighted by atomic mass is 10.3. The summed E-state index contributed by atoms with van der Waals surface area (Å²) in [5, 5.41) is 0. The maximum Gasteiger partial charge on any atom is 0.145 e. The van der Waals surface area contributed by atoms with E-state index in [9.17, 15) is 4.21 Å². The highest BCUT2D eigenvalue weighted by Crippen LogP contribution is 2.15. The Morgan fingerprint density at radius 3 is 2.62 bits per heavy atom. The molecule has 0 aliphatic rings. The van der Waals surface area contributed by atoms with Crippen molar-refractivity contribution in [1.82, 2.24) is 4.98 Å². The standard InChI is InChI=1S/C11H15BrN2OS/c1-8(14-16(15)11(2,3)4)10-7-9(12)5-6-13-10/h5-7H,1-4H3/b14-8+. The molecule has 0 N–H and O–H groups in total. The van der Waals surface area contributed by atoms with Crippen molar-refractivity contribution in [3.8, 4) is 0 Å². The van der Waals surface area contributed by atoms with Crippen molar-refractivity contribution in [2.45, 2.75) is 32.4 Å². The van der Waals surface area contributed by atoms with Crippen LogP contribution in [0.2, 0.25) is 0 Å². The second-order valence-corrected chi connectivity index (χ2v) is 7.22. The molecule has 0 radical (unpaired) electrons. The summed E-state index contributed by atoms with van der Waals surface area (Å²) in [7, 11) is -1.24. The van der Waals surface area contributed by atoms with Gasteiger partial charge < -0.3 is 0 Å². The fourth-order valence-corrected chi connectivity index (χ4v) is 1.86. The summed E-state index contributed by atoms with van der Waals surface area (Å²) in [6.45, 7) is 7.51. The molecule has 88 valence electrons. The van der Waals surface area contributed by atoms with Crippen LogP contribution in [0.1, 0.15) is 33.4 Å². The van der Waals surface area contributed by atoms with Crippen LogP contribution in [0.15, 0.2) is 27.2 Å². The summed E-state index contributed by atoms with van der Waals surface area (Å²) in [5.74, 6) is 0. The topological polar surface area (TPSA) is 42.3 Å². The van der Waals surface area contributed by atoms with Crippen molar-refractivity contribution < 1.29 is 4.21 Å². The molecule has 0 aliphatic heterocycles. The van der Waals surface area contributed by atoms with E-state index >= 15 is 0 Å². The molecule has 0 fully saturated rings. The molecule has 0 saturated carbocycles. The van der Waals surface area contributed by atoms with Gasteiger partial charge in [-0.15, -0.1) is 0 Å². The van der Waals surface area contributed by atoms with Gasteiger partial charge >= 0.3 is 0 Å². The lowest BCUT2D eigenvalue weighted by Crippen LogP contribution is -2.20. The van der Waals surface area contributed by atoms with Crippen molar-refractivity contribution in [1.29, 1.82) is 0 Å². The first-order valence-electron chi connectivity index (χ1n) is 4.90. The van der Waals surface area contributed by atoms with Crippen LogP contribution in [0.25, 0.3) is 0 Å². The van der Waals surface area contributed by atoms with Gasteiger partial charge in [-0.1, -0.05) is 15.9 Å². The van der Waals surface area contributed by atoms with Gasteiger partial charge in [-0.05, 0) is 39.8 Å². The SMILES string of the molecule is C/C(=N\S(=O)C(C)(C)C)c1cc(Br)ccn1. The lowest BCUT2D eigenvalue weighted by molar-refractivity contribution is 0.650. The molecule has 0 aromatic carbocycles.